The Kier molecular flexibility index (Phi) is 5.47. The summed E-state index contributed by atoms with van der Waals surface area (Å²) in [5.41, 5.74) is 0. The minimum atomic E-state index is 0.218. The van der Waals surface area contributed by atoms with E-state index in [4.69, 9.17) is 4.42 Å². The third kappa shape index (κ3) is 3.94. The Labute approximate surface area is 142 Å². The molecule has 1 unspecified atom stereocenters. The quantitative estimate of drug-likeness (QED) is 0.605. The molecule has 8 nitrogen and oxygen atoms in total. The summed E-state index contributed by atoms with van der Waals surface area (Å²) in [6.07, 6.45) is 5.92. The van der Waals surface area contributed by atoms with Gasteiger partial charge in [0.1, 0.15) is 12.1 Å². The van der Waals surface area contributed by atoms with Crippen LogP contribution in [0.15, 0.2) is 34.1 Å². The first-order valence-electron chi connectivity index (χ1n) is 8.33. The first-order chi connectivity index (χ1) is 11.8. The maximum absolute atomic E-state index is 5.65. The van der Waals surface area contributed by atoms with E-state index in [-0.39, 0.29) is 6.04 Å². The number of nitrogens with zero attached hydrogens (tertiary/aromatic N) is 5. The van der Waals surface area contributed by atoms with Gasteiger partial charge in [-0.3, -0.25) is 9.89 Å². The molecule has 2 aromatic heterocycles. The fourth-order valence-electron chi connectivity index (χ4n) is 2.99. The van der Waals surface area contributed by atoms with Crippen LogP contribution in [0, 0.1) is 0 Å². The zero-order valence-corrected chi connectivity index (χ0v) is 14.3. The molecule has 3 rings (SSSR count). The van der Waals surface area contributed by atoms with E-state index in [2.05, 4.69) is 30.7 Å². The molecule has 130 valence electrons. The van der Waals surface area contributed by atoms with Crippen LogP contribution in [0.2, 0.25) is 0 Å². The third-order valence-corrected chi connectivity index (χ3v) is 4.36. The van der Waals surface area contributed by atoms with Crippen molar-refractivity contribution >= 4 is 5.96 Å². The SMILES string of the molecule is CN=C(NCc1nncn1C)NCC(c1ccco1)N1CCCC1. The summed E-state index contributed by atoms with van der Waals surface area (Å²) < 4.78 is 7.53. The van der Waals surface area contributed by atoms with E-state index in [1.54, 1.807) is 19.6 Å². The lowest BCUT2D eigenvalue weighted by molar-refractivity contribution is 0.215. The van der Waals surface area contributed by atoms with Crippen molar-refractivity contribution in [1.29, 1.82) is 0 Å². The molecule has 0 bridgehead atoms. The van der Waals surface area contributed by atoms with E-state index >= 15 is 0 Å². The minimum absolute atomic E-state index is 0.218. The number of furan rings is 1. The van der Waals surface area contributed by atoms with Crippen molar-refractivity contribution in [3.8, 4) is 0 Å². The number of rotatable bonds is 6. The highest BCUT2D eigenvalue weighted by molar-refractivity contribution is 5.79. The van der Waals surface area contributed by atoms with Crippen molar-refractivity contribution in [1.82, 2.24) is 30.3 Å². The highest BCUT2D eigenvalue weighted by Crippen LogP contribution is 2.24. The molecule has 0 spiro atoms. The third-order valence-electron chi connectivity index (χ3n) is 4.36. The Morgan fingerprint density at radius 3 is 2.83 bits per heavy atom. The van der Waals surface area contributed by atoms with Gasteiger partial charge in [0.25, 0.3) is 0 Å². The van der Waals surface area contributed by atoms with Gasteiger partial charge in [-0.2, -0.15) is 0 Å². The van der Waals surface area contributed by atoms with Gasteiger partial charge in [0.15, 0.2) is 11.8 Å². The van der Waals surface area contributed by atoms with Gasteiger partial charge in [-0.05, 0) is 38.1 Å². The van der Waals surface area contributed by atoms with Gasteiger partial charge in [0, 0.05) is 20.6 Å². The van der Waals surface area contributed by atoms with E-state index in [9.17, 15) is 0 Å². The van der Waals surface area contributed by atoms with Crippen LogP contribution in [-0.2, 0) is 13.6 Å². The van der Waals surface area contributed by atoms with E-state index in [1.165, 1.54) is 12.8 Å². The van der Waals surface area contributed by atoms with E-state index < -0.39 is 0 Å². The van der Waals surface area contributed by atoms with Gasteiger partial charge in [-0.15, -0.1) is 10.2 Å². The lowest BCUT2D eigenvalue weighted by Gasteiger charge is -2.26. The summed E-state index contributed by atoms with van der Waals surface area (Å²) in [6.45, 7) is 3.54. The monoisotopic (exact) mass is 331 g/mol. The first-order valence-corrected chi connectivity index (χ1v) is 8.33. The van der Waals surface area contributed by atoms with Gasteiger partial charge in [-0.25, -0.2) is 0 Å². The van der Waals surface area contributed by atoms with Crippen LogP contribution in [0.4, 0.5) is 0 Å². The van der Waals surface area contributed by atoms with Gasteiger partial charge in [0.2, 0.25) is 0 Å². The standard InChI is InChI=1S/C16H25N7O/c1-17-16(19-11-15-21-20-12-22(15)2)18-10-13(14-6-5-9-24-14)23-7-3-4-8-23/h5-6,9,12-13H,3-4,7-8,10-11H2,1-2H3,(H2,17,18,19). The molecule has 24 heavy (non-hydrogen) atoms. The molecular formula is C16H25N7O. The van der Waals surface area contributed by atoms with Crippen LogP contribution >= 0.6 is 0 Å². The summed E-state index contributed by atoms with van der Waals surface area (Å²) >= 11 is 0. The second-order valence-corrected chi connectivity index (χ2v) is 5.94. The largest absolute Gasteiger partial charge is 0.468 e. The fourth-order valence-corrected chi connectivity index (χ4v) is 2.99. The predicted molar refractivity (Wildman–Crippen MR) is 91.5 cm³/mol. The average molecular weight is 331 g/mol. The molecule has 0 aliphatic carbocycles. The molecule has 3 heterocycles. The molecule has 0 aromatic carbocycles. The molecule has 1 aliphatic rings. The number of aliphatic imine (C=N–C) groups is 1. The topological polar surface area (TPSA) is 83.5 Å². The maximum Gasteiger partial charge on any atom is 0.191 e. The summed E-state index contributed by atoms with van der Waals surface area (Å²) in [7, 11) is 3.69. The van der Waals surface area contributed by atoms with Crippen molar-refractivity contribution in [3.63, 3.8) is 0 Å². The molecule has 1 atom stereocenters. The Hall–Kier alpha value is -2.35. The number of hydrogen-bond donors (Lipinski definition) is 2. The van der Waals surface area contributed by atoms with Crippen LogP contribution in [-0.4, -0.2) is 52.3 Å². The predicted octanol–water partition coefficient (Wildman–Crippen LogP) is 0.910. The van der Waals surface area contributed by atoms with Crippen molar-refractivity contribution in [2.45, 2.75) is 25.4 Å². The van der Waals surface area contributed by atoms with Gasteiger partial charge < -0.3 is 19.6 Å². The highest BCUT2D eigenvalue weighted by Gasteiger charge is 2.25. The lowest BCUT2D eigenvalue weighted by Crippen LogP contribution is -2.42. The highest BCUT2D eigenvalue weighted by atomic mass is 16.3. The molecule has 2 aromatic rings. The normalized spacial score (nSPS) is 17.2. The van der Waals surface area contributed by atoms with Crippen LogP contribution < -0.4 is 10.6 Å². The molecule has 1 saturated heterocycles. The number of likely N-dealkylation sites (tertiary alicyclic amines) is 1. The van der Waals surface area contributed by atoms with Gasteiger partial charge >= 0.3 is 0 Å². The van der Waals surface area contributed by atoms with Crippen molar-refractivity contribution in [2.75, 3.05) is 26.7 Å². The zero-order valence-electron chi connectivity index (χ0n) is 14.3. The number of guanidine groups is 1. The van der Waals surface area contributed by atoms with E-state index in [0.29, 0.717) is 6.54 Å². The van der Waals surface area contributed by atoms with E-state index in [0.717, 1.165) is 37.2 Å². The van der Waals surface area contributed by atoms with Crippen molar-refractivity contribution in [2.24, 2.45) is 12.0 Å². The summed E-state index contributed by atoms with van der Waals surface area (Å²) in [6, 6.07) is 4.20. The Morgan fingerprint density at radius 1 is 1.38 bits per heavy atom. The Bertz CT molecular complexity index is 643. The summed E-state index contributed by atoms with van der Waals surface area (Å²) in [5.74, 6) is 2.60. The first kappa shape index (κ1) is 16.5. The van der Waals surface area contributed by atoms with Crippen LogP contribution in [0.1, 0.15) is 30.5 Å². The lowest BCUT2D eigenvalue weighted by atomic mass is 10.2. The number of hydrogen-bond acceptors (Lipinski definition) is 5. The fraction of sp³-hybridized carbons (Fsp3) is 0.562. The molecule has 2 N–H and O–H groups in total. The van der Waals surface area contributed by atoms with Gasteiger partial charge in [-0.1, -0.05) is 0 Å². The minimum Gasteiger partial charge on any atom is -0.468 e. The second kappa shape index (κ2) is 7.96. The average Bonchev–Trinajstić information content (AvgIpc) is 3.34. The van der Waals surface area contributed by atoms with Crippen LogP contribution in [0.3, 0.4) is 0 Å². The van der Waals surface area contributed by atoms with Crippen molar-refractivity contribution < 1.29 is 4.42 Å². The van der Waals surface area contributed by atoms with E-state index in [1.807, 2.05) is 23.7 Å². The summed E-state index contributed by atoms with van der Waals surface area (Å²) in [4.78, 5) is 6.75. The van der Waals surface area contributed by atoms with Crippen molar-refractivity contribution in [3.05, 3.63) is 36.3 Å². The van der Waals surface area contributed by atoms with Crippen LogP contribution in [0.25, 0.3) is 0 Å². The molecule has 0 amide bonds. The molecule has 1 fully saturated rings. The van der Waals surface area contributed by atoms with Crippen LogP contribution in [0.5, 0.6) is 0 Å². The molecular weight excluding hydrogens is 306 g/mol. The number of aromatic nitrogens is 3. The number of nitrogens with one attached hydrogen (secondary N) is 2. The Balaban J connectivity index is 1.57. The summed E-state index contributed by atoms with van der Waals surface area (Å²) in [5, 5.41) is 14.6. The van der Waals surface area contributed by atoms with Gasteiger partial charge in [0.05, 0.1) is 18.8 Å². The Morgan fingerprint density at radius 2 is 2.21 bits per heavy atom. The smallest absolute Gasteiger partial charge is 0.191 e. The number of aryl methyl sites for hydroxylation is 1. The molecule has 1 aliphatic heterocycles. The second-order valence-electron chi connectivity index (χ2n) is 5.94. The molecule has 0 saturated carbocycles. The zero-order chi connectivity index (χ0) is 16.8. The maximum atomic E-state index is 5.65. The molecule has 0 radical (unpaired) electrons. The molecule has 8 heteroatoms.